The average Bonchev–Trinajstić information content (AvgIpc) is 2.66. The second-order valence-corrected chi connectivity index (χ2v) is 7.44. The lowest BCUT2D eigenvalue weighted by molar-refractivity contribution is -0.127. The number of hydrogen-bond acceptors (Lipinski definition) is 4. The van der Waals surface area contributed by atoms with Crippen molar-refractivity contribution in [2.24, 2.45) is 11.8 Å². The highest BCUT2D eigenvalue weighted by Gasteiger charge is 2.40. The zero-order valence-corrected chi connectivity index (χ0v) is 14.9. The number of piperidine rings is 1. The molecule has 0 radical (unpaired) electrons. The molecule has 4 rings (SSSR count). The molecule has 2 fully saturated rings. The van der Waals surface area contributed by atoms with Gasteiger partial charge in [-0.3, -0.25) is 14.6 Å². The van der Waals surface area contributed by atoms with E-state index in [4.69, 9.17) is 0 Å². The smallest absolute Gasteiger partial charge is 0.271 e. The number of aromatic nitrogens is 2. The second kappa shape index (κ2) is 7.02. The quantitative estimate of drug-likeness (QED) is 0.889. The zero-order valence-electron chi connectivity index (χ0n) is 14.9. The summed E-state index contributed by atoms with van der Waals surface area (Å²) in [7, 11) is 0. The van der Waals surface area contributed by atoms with Crippen LogP contribution in [0.3, 0.4) is 0 Å². The highest BCUT2D eigenvalue weighted by molar-refractivity contribution is 5.94. The van der Waals surface area contributed by atoms with E-state index in [1.54, 1.807) is 0 Å². The Kier molecular flexibility index (Phi) is 4.57. The van der Waals surface area contributed by atoms with E-state index in [2.05, 4.69) is 27.5 Å². The maximum Gasteiger partial charge on any atom is 0.271 e. The Hall–Kier alpha value is -2.50. The zero-order chi connectivity index (χ0) is 18.1. The first-order chi connectivity index (χ1) is 12.6. The maximum absolute atomic E-state index is 12.6. The van der Waals surface area contributed by atoms with E-state index < -0.39 is 0 Å². The van der Waals surface area contributed by atoms with E-state index in [1.165, 1.54) is 6.20 Å². The van der Waals surface area contributed by atoms with Crippen LogP contribution in [0, 0.1) is 11.8 Å². The van der Waals surface area contributed by atoms with Crippen molar-refractivity contribution in [1.82, 2.24) is 20.6 Å². The summed E-state index contributed by atoms with van der Waals surface area (Å²) in [6.07, 6.45) is 5.98. The Morgan fingerprint density at radius 2 is 2.08 bits per heavy atom. The van der Waals surface area contributed by atoms with Crippen LogP contribution in [0.5, 0.6) is 0 Å². The van der Waals surface area contributed by atoms with Gasteiger partial charge >= 0.3 is 0 Å². The largest absolute Gasteiger partial charge is 0.353 e. The van der Waals surface area contributed by atoms with Gasteiger partial charge in [0.15, 0.2) is 0 Å². The Labute approximate surface area is 152 Å². The van der Waals surface area contributed by atoms with Gasteiger partial charge in [0.05, 0.1) is 17.2 Å². The molecule has 26 heavy (non-hydrogen) atoms. The van der Waals surface area contributed by atoms with Gasteiger partial charge < -0.3 is 10.6 Å². The van der Waals surface area contributed by atoms with Gasteiger partial charge in [0.1, 0.15) is 5.69 Å². The van der Waals surface area contributed by atoms with Crippen LogP contribution >= 0.6 is 0 Å². The number of para-hydroxylation sites is 2. The number of nitrogens with zero attached hydrogens (tertiary/aromatic N) is 2. The van der Waals surface area contributed by atoms with Crippen molar-refractivity contribution in [1.29, 1.82) is 0 Å². The van der Waals surface area contributed by atoms with Crippen LogP contribution < -0.4 is 10.6 Å². The fraction of sp³-hybridized carbons (Fsp3) is 0.500. The van der Waals surface area contributed by atoms with Crippen molar-refractivity contribution in [2.45, 2.75) is 51.1 Å². The van der Waals surface area contributed by atoms with Crippen LogP contribution in [-0.2, 0) is 4.79 Å². The lowest BCUT2D eigenvalue weighted by atomic mass is 9.70. The van der Waals surface area contributed by atoms with Crippen molar-refractivity contribution < 1.29 is 9.59 Å². The number of carbonyl (C=O) groups is 2. The summed E-state index contributed by atoms with van der Waals surface area (Å²) in [6.45, 7) is 2.16. The summed E-state index contributed by atoms with van der Waals surface area (Å²) in [5, 5.41) is 6.22. The molecule has 2 heterocycles. The second-order valence-electron chi connectivity index (χ2n) is 7.44. The number of amides is 2. The van der Waals surface area contributed by atoms with E-state index in [1.807, 2.05) is 24.3 Å². The van der Waals surface area contributed by atoms with Crippen LogP contribution in [0.2, 0.25) is 0 Å². The first-order valence-electron chi connectivity index (χ1n) is 9.46. The fourth-order valence-corrected chi connectivity index (χ4v) is 4.48. The van der Waals surface area contributed by atoms with Crippen LogP contribution in [0.4, 0.5) is 0 Å². The molecule has 1 aromatic heterocycles. The summed E-state index contributed by atoms with van der Waals surface area (Å²) >= 11 is 0. The molecule has 2 amide bonds. The van der Waals surface area contributed by atoms with E-state index in [0.29, 0.717) is 29.5 Å². The monoisotopic (exact) mass is 352 g/mol. The third-order valence-corrected chi connectivity index (χ3v) is 5.84. The predicted octanol–water partition coefficient (Wildman–Crippen LogP) is 2.44. The topological polar surface area (TPSA) is 84.0 Å². The molecule has 2 N–H and O–H groups in total. The Balaban J connectivity index is 1.44. The van der Waals surface area contributed by atoms with Crippen LogP contribution in [0.25, 0.3) is 11.0 Å². The lowest BCUT2D eigenvalue weighted by Gasteiger charge is -2.43. The van der Waals surface area contributed by atoms with Crippen molar-refractivity contribution in [3.8, 4) is 0 Å². The molecule has 136 valence electrons. The highest BCUT2D eigenvalue weighted by Crippen LogP contribution is 2.37. The van der Waals surface area contributed by atoms with Crippen LogP contribution in [-0.4, -0.2) is 33.9 Å². The van der Waals surface area contributed by atoms with Gasteiger partial charge in [0.2, 0.25) is 5.91 Å². The van der Waals surface area contributed by atoms with E-state index in [-0.39, 0.29) is 23.9 Å². The Bertz CT molecular complexity index is 837. The molecular formula is C20H24N4O2. The van der Waals surface area contributed by atoms with Gasteiger partial charge in [-0.2, -0.15) is 0 Å². The minimum atomic E-state index is -0.194. The molecule has 6 heteroatoms. The van der Waals surface area contributed by atoms with Crippen molar-refractivity contribution in [2.75, 3.05) is 0 Å². The SMILES string of the molecule is CCC1CC(=O)NC2CC(NC(=O)c3cnc4ccccc4n3)CCC12. The number of carbonyl (C=O) groups excluding carboxylic acids is 2. The van der Waals surface area contributed by atoms with Crippen molar-refractivity contribution >= 4 is 22.8 Å². The summed E-state index contributed by atoms with van der Waals surface area (Å²) < 4.78 is 0. The Morgan fingerprint density at radius 1 is 1.27 bits per heavy atom. The number of benzene rings is 1. The first kappa shape index (κ1) is 16.9. The standard InChI is InChI=1S/C20H24N4O2/c1-2-12-9-19(25)24-17-10-13(7-8-14(12)17)22-20(26)18-11-21-15-5-3-4-6-16(15)23-18/h3-6,11-14,17H,2,7-10H2,1H3,(H,22,26)(H,24,25). The molecule has 1 saturated carbocycles. The van der Waals surface area contributed by atoms with Gasteiger partial charge in [0, 0.05) is 18.5 Å². The van der Waals surface area contributed by atoms with Gasteiger partial charge in [0.25, 0.3) is 5.91 Å². The number of rotatable bonds is 3. The van der Waals surface area contributed by atoms with Crippen LogP contribution in [0.15, 0.2) is 30.5 Å². The molecule has 4 unspecified atom stereocenters. The van der Waals surface area contributed by atoms with E-state index >= 15 is 0 Å². The minimum Gasteiger partial charge on any atom is -0.353 e. The molecule has 1 saturated heterocycles. The maximum atomic E-state index is 12.6. The van der Waals surface area contributed by atoms with Gasteiger partial charge in [-0.05, 0) is 43.2 Å². The molecular weight excluding hydrogens is 328 g/mol. The number of nitrogens with one attached hydrogen (secondary N) is 2. The summed E-state index contributed by atoms with van der Waals surface area (Å²) in [5.41, 5.74) is 1.83. The summed E-state index contributed by atoms with van der Waals surface area (Å²) in [4.78, 5) is 33.3. The minimum absolute atomic E-state index is 0.0629. The van der Waals surface area contributed by atoms with Gasteiger partial charge in [-0.1, -0.05) is 25.5 Å². The van der Waals surface area contributed by atoms with E-state index in [9.17, 15) is 9.59 Å². The first-order valence-corrected chi connectivity index (χ1v) is 9.46. The lowest BCUT2D eigenvalue weighted by Crippen LogP contribution is -2.55. The van der Waals surface area contributed by atoms with E-state index in [0.717, 1.165) is 31.2 Å². The van der Waals surface area contributed by atoms with Crippen molar-refractivity contribution in [3.63, 3.8) is 0 Å². The molecule has 4 atom stereocenters. The molecule has 2 aliphatic rings. The number of fused-ring (bicyclic) bond motifs is 2. The number of hydrogen-bond donors (Lipinski definition) is 2. The van der Waals surface area contributed by atoms with Crippen LogP contribution in [0.1, 0.15) is 49.5 Å². The normalized spacial score (nSPS) is 28.3. The molecule has 0 bridgehead atoms. The molecule has 1 aliphatic heterocycles. The van der Waals surface area contributed by atoms with Gasteiger partial charge in [-0.15, -0.1) is 0 Å². The summed E-state index contributed by atoms with van der Waals surface area (Å²) in [6, 6.07) is 7.75. The molecule has 2 aromatic rings. The fourth-order valence-electron chi connectivity index (χ4n) is 4.48. The Morgan fingerprint density at radius 3 is 2.88 bits per heavy atom. The summed E-state index contributed by atoms with van der Waals surface area (Å²) in [5.74, 6) is 0.953. The molecule has 1 aliphatic carbocycles. The van der Waals surface area contributed by atoms with Gasteiger partial charge in [-0.25, -0.2) is 4.98 Å². The molecule has 6 nitrogen and oxygen atoms in total. The van der Waals surface area contributed by atoms with Crippen molar-refractivity contribution in [3.05, 3.63) is 36.2 Å². The third kappa shape index (κ3) is 3.28. The molecule has 0 spiro atoms. The predicted molar refractivity (Wildman–Crippen MR) is 98.5 cm³/mol. The highest BCUT2D eigenvalue weighted by atomic mass is 16.2. The molecule has 1 aromatic carbocycles. The average molecular weight is 352 g/mol. The third-order valence-electron chi connectivity index (χ3n) is 5.84.